The molecule has 0 aliphatic carbocycles. The van der Waals surface area contributed by atoms with Gasteiger partial charge in [0.05, 0.1) is 22.0 Å². The van der Waals surface area contributed by atoms with Crippen LogP contribution in [0.3, 0.4) is 0 Å². The fourth-order valence-corrected chi connectivity index (χ4v) is 3.56. The first-order valence-corrected chi connectivity index (χ1v) is 10.3. The van der Waals surface area contributed by atoms with E-state index in [1.165, 1.54) is 18.3 Å². The normalized spacial score (nSPS) is 11.2. The summed E-state index contributed by atoms with van der Waals surface area (Å²) in [5.74, 6) is 1.25. The zero-order valence-electron chi connectivity index (χ0n) is 17.7. The topological polar surface area (TPSA) is 116 Å². The number of furan rings is 1. The number of para-hydroxylation sites is 2. The van der Waals surface area contributed by atoms with Crippen LogP contribution in [0.15, 0.2) is 105 Å². The van der Waals surface area contributed by atoms with E-state index in [0.29, 0.717) is 28.0 Å². The van der Waals surface area contributed by atoms with Gasteiger partial charge < -0.3 is 4.42 Å². The minimum atomic E-state index is -0.453. The summed E-state index contributed by atoms with van der Waals surface area (Å²) in [5, 5.41) is 15.5. The van der Waals surface area contributed by atoms with E-state index < -0.39 is 4.92 Å². The first kappa shape index (κ1) is 20.8. The average molecular weight is 451 g/mol. The monoisotopic (exact) mass is 451 g/mol. The van der Waals surface area contributed by atoms with Crippen LogP contribution in [0.5, 0.6) is 0 Å². The molecule has 0 saturated carbocycles. The lowest BCUT2D eigenvalue weighted by Gasteiger charge is -2.14. The van der Waals surface area contributed by atoms with Crippen molar-refractivity contribution in [3.63, 3.8) is 0 Å². The molecular formula is C25H17N5O4. The molecule has 0 saturated heterocycles. The van der Waals surface area contributed by atoms with Gasteiger partial charge >= 0.3 is 0 Å². The highest BCUT2D eigenvalue weighted by Crippen LogP contribution is 2.24. The number of non-ortho nitro benzene ring substituents is 1. The Morgan fingerprint density at radius 3 is 2.44 bits per heavy atom. The third kappa shape index (κ3) is 4.05. The molecule has 34 heavy (non-hydrogen) atoms. The molecule has 9 nitrogen and oxygen atoms in total. The van der Waals surface area contributed by atoms with Gasteiger partial charge in [0.1, 0.15) is 11.5 Å². The standard InChI is InChI=1S/C25H17N5O4/c31-24-21-8-4-5-9-22(21)29(18-6-2-1-3-7-18)25(27-24)28-26-16-20-14-15-23(34-20)17-10-12-19(13-11-17)30(32)33/h1-16H,(H,27,28,31)/b26-16-. The Hall–Kier alpha value is -5.05. The second-order valence-electron chi connectivity index (χ2n) is 7.30. The van der Waals surface area contributed by atoms with E-state index in [1.807, 2.05) is 47.0 Å². The molecule has 0 unspecified atom stereocenters. The first-order chi connectivity index (χ1) is 16.6. The molecule has 3 aromatic carbocycles. The van der Waals surface area contributed by atoms with Crippen molar-refractivity contribution in [3.05, 3.63) is 117 Å². The Kier molecular flexibility index (Phi) is 5.41. The maximum atomic E-state index is 12.6. The fourth-order valence-electron chi connectivity index (χ4n) is 3.56. The van der Waals surface area contributed by atoms with Crippen molar-refractivity contribution in [3.8, 4) is 17.0 Å². The van der Waals surface area contributed by atoms with Crippen LogP contribution in [0.25, 0.3) is 27.9 Å². The molecule has 5 aromatic rings. The predicted molar refractivity (Wildman–Crippen MR) is 129 cm³/mol. The minimum absolute atomic E-state index is 0.00800. The van der Waals surface area contributed by atoms with Gasteiger partial charge in [0, 0.05) is 23.4 Å². The SMILES string of the molecule is O=c1nc(N/N=C\c2ccc(-c3ccc([N+](=O)[O-])cc3)o2)n(-c2ccccc2)c2ccccc12. The number of fused-ring (bicyclic) bond motifs is 1. The third-order valence-electron chi connectivity index (χ3n) is 5.15. The number of nitro benzene ring substituents is 1. The highest BCUT2D eigenvalue weighted by molar-refractivity contribution is 5.82. The molecule has 166 valence electrons. The van der Waals surface area contributed by atoms with E-state index in [1.54, 1.807) is 36.4 Å². The van der Waals surface area contributed by atoms with E-state index in [2.05, 4.69) is 15.5 Å². The van der Waals surface area contributed by atoms with Gasteiger partial charge in [-0.15, -0.1) is 0 Å². The molecule has 0 aliphatic heterocycles. The Morgan fingerprint density at radius 2 is 1.68 bits per heavy atom. The summed E-state index contributed by atoms with van der Waals surface area (Å²) in [5.41, 5.74) is 4.72. The first-order valence-electron chi connectivity index (χ1n) is 10.3. The van der Waals surface area contributed by atoms with Crippen molar-refractivity contribution < 1.29 is 9.34 Å². The maximum Gasteiger partial charge on any atom is 0.282 e. The highest BCUT2D eigenvalue weighted by atomic mass is 16.6. The molecule has 5 rings (SSSR count). The molecule has 0 atom stereocenters. The fraction of sp³-hybridized carbons (Fsp3) is 0. The van der Waals surface area contributed by atoms with Crippen LogP contribution in [0.2, 0.25) is 0 Å². The van der Waals surface area contributed by atoms with Crippen LogP contribution >= 0.6 is 0 Å². The molecule has 2 aromatic heterocycles. The summed E-state index contributed by atoms with van der Waals surface area (Å²) >= 11 is 0. The van der Waals surface area contributed by atoms with Crippen LogP contribution < -0.4 is 11.0 Å². The molecule has 9 heteroatoms. The Morgan fingerprint density at radius 1 is 0.941 bits per heavy atom. The van der Waals surface area contributed by atoms with Gasteiger partial charge in [0.2, 0.25) is 5.95 Å². The van der Waals surface area contributed by atoms with E-state index in [4.69, 9.17) is 4.42 Å². The minimum Gasteiger partial charge on any atom is -0.455 e. The summed E-state index contributed by atoms with van der Waals surface area (Å²) in [6, 6.07) is 26.3. The number of rotatable bonds is 6. The number of hydrazone groups is 1. The smallest absolute Gasteiger partial charge is 0.282 e. The van der Waals surface area contributed by atoms with Gasteiger partial charge in [-0.2, -0.15) is 10.1 Å². The Labute approximate surface area is 192 Å². The van der Waals surface area contributed by atoms with Gasteiger partial charge in [-0.25, -0.2) is 5.43 Å². The number of nitrogens with one attached hydrogen (secondary N) is 1. The summed E-state index contributed by atoms with van der Waals surface area (Å²) in [7, 11) is 0. The zero-order chi connectivity index (χ0) is 23.5. The number of nitro groups is 1. The van der Waals surface area contributed by atoms with Crippen LogP contribution in [0, 0.1) is 10.1 Å². The van der Waals surface area contributed by atoms with Crippen molar-refractivity contribution in [2.24, 2.45) is 5.10 Å². The molecule has 2 heterocycles. The lowest BCUT2D eigenvalue weighted by atomic mass is 10.1. The summed E-state index contributed by atoms with van der Waals surface area (Å²) in [4.78, 5) is 27.1. The van der Waals surface area contributed by atoms with E-state index in [-0.39, 0.29) is 17.2 Å². The second kappa shape index (κ2) is 8.83. The van der Waals surface area contributed by atoms with Gasteiger partial charge in [0.25, 0.3) is 11.2 Å². The second-order valence-corrected chi connectivity index (χ2v) is 7.30. The zero-order valence-corrected chi connectivity index (χ0v) is 17.7. The third-order valence-corrected chi connectivity index (χ3v) is 5.15. The van der Waals surface area contributed by atoms with Crippen molar-refractivity contribution >= 4 is 28.8 Å². The number of hydrogen-bond acceptors (Lipinski definition) is 7. The van der Waals surface area contributed by atoms with E-state index in [0.717, 1.165) is 5.69 Å². The molecule has 0 radical (unpaired) electrons. The van der Waals surface area contributed by atoms with E-state index in [9.17, 15) is 14.9 Å². The quantitative estimate of drug-likeness (QED) is 0.221. The molecule has 0 bridgehead atoms. The number of hydrogen-bond donors (Lipinski definition) is 1. The van der Waals surface area contributed by atoms with Crippen molar-refractivity contribution in [1.29, 1.82) is 0 Å². The van der Waals surface area contributed by atoms with Crippen LogP contribution in [0.4, 0.5) is 11.6 Å². The van der Waals surface area contributed by atoms with Gasteiger partial charge in [0.15, 0.2) is 0 Å². The summed E-state index contributed by atoms with van der Waals surface area (Å²) in [6.07, 6.45) is 1.46. The molecule has 1 N–H and O–H groups in total. The van der Waals surface area contributed by atoms with Gasteiger partial charge in [-0.1, -0.05) is 30.3 Å². The van der Waals surface area contributed by atoms with Crippen LogP contribution in [0.1, 0.15) is 5.76 Å². The lowest BCUT2D eigenvalue weighted by molar-refractivity contribution is -0.384. The summed E-state index contributed by atoms with van der Waals surface area (Å²) < 4.78 is 7.59. The average Bonchev–Trinajstić information content (AvgIpc) is 3.34. The molecule has 0 spiro atoms. The largest absolute Gasteiger partial charge is 0.455 e. The number of benzene rings is 3. The van der Waals surface area contributed by atoms with Crippen molar-refractivity contribution in [2.45, 2.75) is 0 Å². The van der Waals surface area contributed by atoms with Gasteiger partial charge in [-0.05, 0) is 48.5 Å². The molecule has 0 amide bonds. The molecule has 0 aliphatic rings. The number of anilines is 1. The van der Waals surface area contributed by atoms with Crippen molar-refractivity contribution in [2.75, 3.05) is 5.43 Å². The van der Waals surface area contributed by atoms with Crippen LogP contribution in [-0.2, 0) is 0 Å². The highest BCUT2D eigenvalue weighted by Gasteiger charge is 2.12. The van der Waals surface area contributed by atoms with Crippen molar-refractivity contribution in [1.82, 2.24) is 9.55 Å². The molecular weight excluding hydrogens is 434 g/mol. The predicted octanol–water partition coefficient (Wildman–Crippen LogP) is 5.00. The Bertz CT molecular complexity index is 1570. The lowest BCUT2D eigenvalue weighted by Crippen LogP contribution is -2.16. The maximum absolute atomic E-state index is 12.6. The number of nitrogens with zero attached hydrogens (tertiary/aromatic N) is 4. The van der Waals surface area contributed by atoms with Crippen LogP contribution in [-0.4, -0.2) is 20.7 Å². The summed E-state index contributed by atoms with van der Waals surface area (Å²) in [6.45, 7) is 0. The number of aromatic nitrogens is 2. The van der Waals surface area contributed by atoms with Gasteiger partial charge in [-0.3, -0.25) is 19.5 Å². The Balaban J connectivity index is 1.44. The molecule has 0 fully saturated rings. The van der Waals surface area contributed by atoms with E-state index >= 15 is 0 Å².